The minimum absolute atomic E-state index is 0. The fourth-order valence-electron chi connectivity index (χ4n) is 3.89. The minimum atomic E-state index is 0. The molecule has 0 aliphatic carbocycles. The highest BCUT2D eigenvalue weighted by Crippen LogP contribution is 2.27. The van der Waals surface area contributed by atoms with Crippen molar-refractivity contribution in [1.29, 1.82) is 0 Å². The largest absolute Gasteiger partial charge is 0.382 e. The van der Waals surface area contributed by atoms with E-state index in [1.54, 1.807) is 0 Å². The SMILES string of the molecule is Cc1c(NC(C)C(C)C)cccc1C(=O)NC1CC2CCC(C1)N2.Cl.Cl. The molecule has 1 amide bonds. The third kappa shape index (κ3) is 5.28. The van der Waals surface area contributed by atoms with Crippen molar-refractivity contribution in [1.82, 2.24) is 10.6 Å². The van der Waals surface area contributed by atoms with Crippen LogP contribution >= 0.6 is 24.8 Å². The number of amides is 1. The number of halogens is 2. The molecule has 148 valence electrons. The summed E-state index contributed by atoms with van der Waals surface area (Å²) >= 11 is 0. The molecule has 0 radical (unpaired) electrons. The summed E-state index contributed by atoms with van der Waals surface area (Å²) in [6.07, 6.45) is 4.62. The second-order valence-corrected chi connectivity index (χ2v) is 7.93. The Morgan fingerprint density at radius 3 is 2.31 bits per heavy atom. The van der Waals surface area contributed by atoms with Crippen LogP contribution in [0.3, 0.4) is 0 Å². The number of benzene rings is 1. The van der Waals surface area contributed by atoms with Gasteiger partial charge in [-0.2, -0.15) is 0 Å². The Hall–Kier alpha value is -0.970. The predicted octanol–water partition coefficient (Wildman–Crippen LogP) is 4.31. The Labute approximate surface area is 170 Å². The van der Waals surface area contributed by atoms with Gasteiger partial charge in [0.15, 0.2) is 0 Å². The monoisotopic (exact) mass is 401 g/mol. The first-order chi connectivity index (χ1) is 11.4. The molecule has 2 fully saturated rings. The Kier molecular flexibility index (Phi) is 8.71. The molecule has 0 saturated carbocycles. The maximum absolute atomic E-state index is 12.8. The van der Waals surface area contributed by atoms with Crippen molar-refractivity contribution in [2.75, 3.05) is 5.32 Å². The molecule has 0 spiro atoms. The lowest BCUT2D eigenvalue weighted by Gasteiger charge is -2.30. The third-order valence-corrected chi connectivity index (χ3v) is 5.77. The van der Waals surface area contributed by atoms with Crippen LogP contribution in [0.5, 0.6) is 0 Å². The highest BCUT2D eigenvalue weighted by Gasteiger charge is 2.34. The molecule has 1 aromatic rings. The Balaban J connectivity index is 0.00000169. The second kappa shape index (κ2) is 9.82. The zero-order chi connectivity index (χ0) is 17.3. The molecule has 2 heterocycles. The number of piperidine rings is 1. The highest BCUT2D eigenvalue weighted by atomic mass is 35.5. The molecule has 3 N–H and O–H groups in total. The number of carbonyl (C=O) groups excluding carboxylic acids is 1. The third-order valence-electron chi connectivity index (χ3n) is 5.77. The van der Waals surface area contributed by atoms with Crippen molar-refractivity contribution >= 4 is 36.4 Å². The zero-order valence-electron chi connectivity index (χ0n) is 16.2. The molecule has 2 saturated heterocycles. The van der Waals surface area contributed by atoms with Gasteiger partial charge in [-0.1, -0.05) is 19.9 Å². The Morgan fingerprint density at radius 1 is 1.12 bits per heavy atom. The van der Waals surface area contributed by atoms with Gasteiger partial charge in [-0.25, -0.2) is 0 Å². The van der Waals surface area contributed by atoms with Crippen molar-refractivity contribution in [2.45, 2.75) is 77.5 Å². The van der Waals surface area contributed by atoms with Crippen LogP contribution in [0, 0.1) is 12.8 Å². The van der Waals surface area contributed by atoms with Crippen molar-refractivity contribution in [2.24, 2.45) is 5.92 Å². The first kappa shape index (κ1) is 23.1. The lowest BCUT2D eigenvalue weighted by molar-refractivity contribution is 0.0923. The topological polar surface area (TPSA) is 53.2 Å². The minimum Gasteiger partial charge on any atom is -0.382 e. The summed E-state index contributed by atoms with van der Waals surface area (Å²) in [5.41, 5.74) is 2.90. The summed E-state index contributed by atoms with van der Waals surface area (Å²) in [5, 5.41) is 10.4. The zero-order valence-corrected chi connectivity index (χ0v) is 17.8. The second-order valence-electron chi connectivity index (χ2n) is 7.93. The lowest BCUT2D eigenvalue weighted by atomic mass is 9.98. The van der Waals surface area contributed by atoms with E-state index in [9.17, 15) is 4.79 Å². The molecule has 2 aliphatic heterocycles. The van der Waals surface area contributed by atoms with E-state index < -0.39 is 0 Å². The van der Waals surface area contributed by atoms with Crippen LogP contribution in [0.4, 0.5) is 5.69 Å². The van der Waals surface area contributed by atoms with Gasteiger partial charge < -0.3 is 16.0 Å². The summed E-state index contributed by atoms with van der Waals surface area (Å²) in [5.74, 6) is 0.617. The maximum Gasteiger partial charge on any atom is 0.251 e. The fraction of sp³-hybridized carbons (Fsp3) is 0.650. The number of anilines is 1. The average Bonchev–Trinajstić information content (AvgIpc) is 2.87. The van der Waals surface area contributed by atoms with Gasteiger partial charge in [-0.3, -0.25) is 4.79 Å². The molecule has 3 atom stereocenters. The van der Waals surface area contributed by atoms with E-state index >= 15 is 0 Å². The van der Waals surface area contributed by atoms with E-state index in [-0.39, 0.29) is 30.7 Å². The van der Waals surface area contributed by atoms with Gasteiger partial charge in [0.25, 0.3) is 5.91 Å². The molecule has 6 heteroatoms. The van der Waals surface area contributed by atoms with Gasteiger partial charge in [0.1, 0.15) is 0 Å². The highest BCUT2D eigenvalue weighted by molar-refractivity contribution is 5.97. The summed E-state index contributed by atoms with van der Waals surface area (Å²) < 4.78 is 0. The van der Waals surface area contributed by atoms with Crippen molar-refractivity contribution in [3.63, 3.8) is 0 Å². The fourth-order valence-corrected chi connectivity index (χ4v) is 3.89. The van der Waals surface area contributed by atoms with Crippen LogP contribution in [0.25, 0.3) is 0 Å². The Bertz CT molecular complexity index is 597. The van der Waals surface area contributed by atoms with Crippen LogP contribution in [0.15, 0.2) is 18.2 Å². The van der Waals surface area contributed by atoms with Crippen LogP contribution in [-0.4, -0.2) is 30.1 Å². The van der Waals surface area contributed by atoms with Gasteiger partial charge in [-0.05, 0) is 63.1 Å². The smallest absolute Gasteiger partial charge is 0.251 e. The molecule has 1 aromatic carbocycles. The van der Waals surface area contributed by atoms with E-state index in [1.165, 1.54) is 12.8 Å². The van der Waals surface area contributed by atoms with Crippen molar-refractivity contribution in [3.05, 3.63) is 29.3 Å². The van der Waals surface area contributed by atoms with E-state index in [0.717, 1.165) is 29.7 Å². The standard InChI is InChI=1S/C20H31N3O.2ClH/c1-12(2)14(4)21-19-7-5-6-18(13(19)3)20(24)23-17-10-15-8-9-16(11-17)22-15;;/h5-7,12,14-17,21-22H,8-11H2,1-4H3,(H,23,24);2*1H. The molecule has 0 aromatic heterocycles. The van der Waals surface area contributed by atoms with Gasteiger partial charge in [0.05, 0.1) is 0 Å². The summed E-state index contributed by atoms with van der Waals surface area (Å²) in [4.78, 5) is 12.8. The maximum atomic E-state index is 12.8. The van der Waals surface area contributed by atoms with Gasteiger partial charge in [-0.15, -0.1) is 24.8 Å². The normalized spacial score (nSPS) is 25.0. The first-order valence-corrected chi connectivity index (χ1v) is 9.37. The molecule has 3 unspecified atom stereocenters. The van der Waals surface area contributed by atoms with Gasteiger partial charge in [0, 0.05) is 35.4 Å². The molecule has 2 aliphatic rings. The average molecular weight is 402 g/mol. The van der Waals surface area contributed by atoms with E-state index in [2.05, 4.69) is 42.8 Å². The molecule has 26 heavy (non-hydrogen) atoms. The molecular weight excluding hydrogens is 369 g/mol. The lowest BCUT2D eigenvalue weighted by Crippen LogP contribution is -2.48. The number of hydrogen-bond acceptors (Lipinski definition) is 3. The molecule has 3 rings (SSSR count). The number of rotatable bonds is 5. The predicted molar refractivity (Wildman–Crippen MR) is 114 cm³/mol. The van der Waals surface area contributed by atoms with E-state index in [4.69, 9.17) is 0 Å². The van der Waals surface area contributed by atoms with Gasteiger partial charge in [0.2, 0.25) is 0 Å². The Morgan fingerprint density at radius 2 is 1.73 bits per heavy atom. The van der Waals surface area contributed by atoms with Gasteiger partial charge >= 0.3 is 0 Å². The van der Waals surface area contributed by atoms with Crippen molar-refractivity contribution in [3.8, 4) is 0 Å². The molecular formula is C20H33Cl2N3O. The number of hydrogen-bond donors (Lipinski definition) is 3. The molecule has 4 nitrogen and oxygen atoms in total. The number of carbonyl (C=O) groups is 1. The van der Waals surface area contributed by atoms with Crippen LogP contribution in [0.2, 0.25) is 0 Å². The number of fused-ring (bicyclic) bond motifs is 2. The quantitative estimate of drug-likeness (QED) is 0.688. The molecule has 2 bridgehead atoms. The summed E-state index contributed by atoms with van der Waals surface area (Å²) in [6.45, 7) is 8.63. The van der Waals surface area contributed by atoms with Crippen LogP contribution in [0.1, 0.15) is 62.4 Å². The van der Waals surface area contributed by atoms with E-state index in [1.807, 2.05) is 19.1 Å². The summed E-state index contributed by atoms with van der Waals surface area (Å²) in [6, 6.07) is 7.85. The van der Waals surface area contributed by atoms with E-state index in [0.29, 0.717) is 30.1 Å². The van der Waals surface area contributed by atoms with Crippen LogP contribution in [-0.2, 0) is 0 Å². The first-order valence-electron chi connectivity index (χ1n) is 9.37. The van der Waals surface area contributed by atoms with Crippen molar-refractivity contribution < 1.29 is 4.79 Å². The van der Waals surface area contributed by atoms with Crippen LogP contribution < -0.4 is 16.0 Å². The summed E-state index contributed by atoms with van der Waals surface area (Å²) in [7, 11) is 0. The number of nitrogens with one attached hydrogen (secondary N) is 3.